The van der Waals surface area contributed by atoms with Gasteiger partial charge in [0.2, 0.25) is 11.8 Å². The van der Waals surface area contributed by atoms with Crippen molar-refractivity contribution >= 4 is 39.2 Å². The zero-order valence-corrected chi connectivity index (χ0v) is 22.0. The Morgan fingerprint density at radius 1 is 0.775 bits per heavy atom. The molecule has 2 saturated heterocycles. The zero-order valence-electron chi connectivity index (χ0n) is 22.0. The molecule has 4 aromatic carbocycles. The average molecular weight is 527 g/mol. The number of nitrogens with zero attached hydrogens (tertiary/aromatic N) is 3. The van der Waals surface area contributed by atoms with Crippen molar-refractivity contribution in [2.45, 2.75) is 25.4 Å². The zero-order chi connectivity index (χ0) is 27.3. The number of carbonyl (C=O) groups excluding carboxylic acids is 2. The van der Waals surface area contributed by atoms with Gasteiger partial charge in [0.15, 0.2) is 0 Å². The topological polar surface area (TPSA) is 84.3 Å². The Bertz CT molecular complexity index is 1970. The molecule has 3 aliphatic heterocycles. The number of carbonyl (C=O) groups is 2. The standard InChI is InChI=1S/C33H26N4O3/c1-18(2)28-26-27(31(40)36(30(26)39)24-17-9-11-19-10-3-4-12-20(19)24)33(35-28)22-14-6-8-16-25(22)37-29(38)21-13-5-7-15-23(21)34-32(33)37/h3-18,26-28,35H,1-2H3/t26-,27+,28-,33+/m0/s1. The van der Waals surface area contributed by atoms with Crippen LogP contribution in [0.3, 0.4) is 0 Å². The van der Waals surface area contributed by atoms with Gasteiger partial charge in [-0.1, -0.05) is 80.6 Å². The largest absolute Gasteiger partial charge is 0.296 e. The number of anilines is 1. The maximum Gasteiger partial charge on any atom is 0.266 e. The van der Waals surface area contributed by atoms with Crippen molar-refractivity contribution < 1.29 is 9.59 Å². The van der Waals surface area contributed by atoms with Gasteiger partial charge in [0.1, 0.15) is 11.4 Å². The van der Waals surface area contributed by atoms with Crippen LogP contribution in [0.2, 0.25) is 0 Å². The molecule has 2 amide bonds. The molecule has 0 unspecified atom stereocenters. The van der Waals surface area contributed by atoms with Gasteiger partial charge in [-0.25, -0.2) is 9.88 Å². The Morgan fingerprint density at radius 3 is 2.27 bits per heavy atom. The number of nitrogens with one attached hydrogen (secondary N) is 1. The number of para-hydroxylation sites is 2. The van der Waals surface area contributed by atoms with Crippen LogP contribution in [-0.4, -0.2) is 27.4 Å². The van der Waals surface area contributed by atoms with Gasteiger partial charge in [0.05, 0.1) is 34.1 Å². The van der Waals surface area contributed by atoms with E-state index in [0.29, 0.717) is 28.1 Å². The van der Waals surface area contributed by atoms with Crippen LogP contribution in [0.5, 0.6) is 0 Å². The van der Waals surface area contributed by atoms with Crippen molar-refractivity contribution in [3.05, 3.63) is 113 Å². The molecule has 5 aromatic rings. The Balaban J connectivity index is 1.43. The van der Waals surface area contributed by atoms with E-state index in [1.165, 1.54) is 4.90 Å². The average Bonchev–Trinajstić information content (AvgIpc) is 3.56. The first-order chi connectivity index (χ1) is 19.4. The molecule has 196 valence electrons. The molecule has 0 saturated carbocycles. The molecule has 0 radical (unpaired) electrons. The summed E-state index contributed by atoms with van der Waals surface area (Å²) in [6.07, 6.45) is 0. The lowest BCUT2D eigenvalue weighted by molar-refractivity contribution is -0.123. The van der Waals surface area contributed by atoms with Crippen LogP contribution in [0.15, 0.2) is 95.8 Å². The molecule has 7 heteroatoms. The molecule has 1 spiro atoms. The van der Waals surface area contributed by atoms with Crippen molar-refractivity contribution in [1.82, 2.24) is 14.9 Å². The molecular formula is C33H26N4O3. The van der Waals surface area contributed by atoms with Crippen LogP contribution in [0, 0.1) is 17.8 Å². The third-order valence-electron chi connectivity index (χ3n) is 9.02. The number of benzene rings is 4. The lowest BCUT2D eigenvalue weighted by Crippen LogP contribution is -2.51. The quantitative estimate of drug-likeness (QED) is 0.342. The molecule has 0 bridgehead atoms. The Kier molecular flexibility index (Phi) is 4.63. The summed E-state index contributed by atoms with van der Waals surface area (Å²) in [5.74, 6) is -1.36. The number of amides is 2. The predicted octanol–water partition coefficient (Wildman–Crippen LogP) is 4.53. The summed E-state index contributed by atoms with van der Waals surface area (Å²) in [4.78, 5) is 49.4. The molecular weight excluding hydrogens is 500 g/mol. The molecule has 7 nitrogen and oxygen atoms in total. The molecule has 0 aliphatic carbocycles. The smallest absolute Gasteiger partial charge is 0.266 e. The summed E-state index contributed by atoms with van der Waals surface area (Å²) in [5.41, 5.74) is 1.34. The minimum Gasteiger partial charge on any atom is -0.296 e. The van der Waals surface area contributed by atoms with Crippen LogP contribution in [-0.2, 0) is 15.1 Å². The molecule has 4 heterocycles. The maximum atomic E-state index is 14.7. The number of rotatable bonds is 2. The first-order valence-corrected chi connectivity index (χ1v) is 13.7. The van der Waals surface area contributed by atoms with E-state index in [-0.39, 0.29) is 29.3 Å². The second kappa shape index (κ2) is 7.96. The van der Waals surface area contributed by atoms with E-state index in [1.54, 1.807) is 10.6 Å². The summed E-state index contributed by atoms with van der Waals surface area (Å²) in [5, 5.41) is 6.07. The van der Waals surface area contributed by atoms with Crippen LogP contribution < -0.4 is 15.8 Å². The normalized spacial score (nSPS) is 24.9. The van der Waals surface area contributed by atoms with Gasteiger partial charge in [-0.3, -0.25) is 24.3 Å². The fraction of sp³-hybridized carbons (Fsp3) is 0.212. The van der Waals surface area contributed by atoms with Crippen molar-refractivity contribution in [1.29, 1.82) is 0 Å². The van der Waals surface area contributed by atoms with Crippen molar-refractivity contribution in [2.24, 2.45) is 17.8 Å². The summed E-state index contributed by atoms with van der Waals surface area (Å²) in [7, 11) is 0. The van der Waals surface area contributed by atoms with Crippen LogP contribution in [0.4, 0.5) is 5.69 Å². The van der Waals surface area contributed by atoms with E-state index < -0.39 is 17.4 Å². The minimum absolute atomic E-state index is 0.0458. The van der Waals surface area contributed by atoms with Gasteiger partial charge in [0, 0.05) is 17.0 Å². The van der Waals surface area contributed by atoms with Gasteiger partial charge in [-0.05, 0) is 35.6 Å². The van der Waals surface area contributed by atoms with Crippen molar-refractivity contribution in [2.75, 3.05) is 4.90 Å². The molecule has 8 rings (SSSR count). The molecule has 4 atom stereocenters. The molecule has 2 fully saturated rings. The van der Waals surface area contributed by atoms with E-state index in [4.69, 9.17) is 4.98 Å². The van der Waals surface area contributed by atoms with Crippen LogP contribution in [0.25, 0.3) is 27.4 Å². The second-order valence-electron chi connectivity index (χ2n) is 11.3. The van der Waals surface area contributed by atoms with Crippen molar-refractivity contribution in [3.8, 4) is 5.69 Å². The first-order valence-electron chi connectivity index (χ1n) is 13.7. The Morgan fingerprint density at radius 2 is 1.45 bits per heavy atom. The summed E-state index contributed by atoms with van der Waals surface area (Å²) in [6, 6.07) is 28.1. The van der Waals surface area contributed by atoms with Crippen LogP contribution in [0.1, 0.15) is 25.2 Å². The van der Waals surface area contributed by atoms with E-state index >= 15 is 0 Å². The summed E-state index contributed by atoms with van der Waals surface area (Å²) >= 11 is 0. The molecule has 40 heavy (non-hydrogen) atoms. The lowest BCUT2D eigenvalue weighted by Gasteiger charge is -2.32. The number of hydrogen-bond donors (Lipinski definition) is 1. The fourth-order valence-corrected chi connectivity index (χ4v) is 7.37. The second-order valence-corrected chi connectivity index (χ2v) is 11.3. The van der Waals surface area contributed by atoms with Crippen LogP contribution >= 0.6 is 0 Å². The van der Waals surface area contributed by atoms with E-state index in [0.717, 1.165) is 16.3 Å². The Labute approximate surface area is 230 Å². The third-order valence-corrected chi connectivity index (χ3v) is 9.02. The van der Waals surface area contributed by atoms with Crippen molar-refractivity contribution in [3.63, 3.8) is 0 Å². The van der Waals surface area contributed by atoms with Gasteiger partial charge in [-0.2, -0.15) is 0 Å². The van der Waals surface area contributed by atoms with Gasteiger partial charge in [0.25, 0.3) is 5.56 Å². The van der Waals surface area contributed by atoms with Gasteiger partial charge >= 0.3 is 0 Å². The number of fused-ring (bicyclic) bond motifs is 9. The number of imide groups is 1. The van der Waals surface area contributed by atoms with Gasteiger partial charge in [-0.15, -0.1) is 0 Å². The minimum atomic E-state index is -1.13. The molecule has 1 N–H and O–H groups in total. The highest BCUT2D eigenvalue weighted by atomic mass is 16.2. The third kappa shape index (κ3) is 2.72. The SMILES string of the molecule is CC(C)[C@@H]1N[C@]2(c3ccccc3-n3c2nc2ccccc2c3=O)[C@H]2C(=O)N(c3cccc4ccccc34)C(=O)[C@H]12. The maximum absolute atomic E-state index is 14.7. The lowest BCUT2D eigenvalue weighted by atomic mass is 9.75. The van der Waals surface area contributed by atoms with E-state index in [2.05, 4.69) is 19.2 Å². The summed E-state index contributed by atoms with van der Waals surface area (Å²) in [6.45, 7) is 4.13. The number of aromatic nitrogens is 2. The van der Waals surface area contributed by atoms with E-state index in [9.17, 15) is 14.4 Å². The fourth-order valence-electron chi connectivity index (χ4n) is 7.37. The highest BCUT2D eigenvalue weighted by molar-refractivity contribution is 6.26. The van der Waals surface area contributed by atoms with E-state index in [1.807, 2.05) is 84.9 Å². The first kappa shape index (κ1) is 23.3. The highest BCUT2D eigenvalue weighted by Gasteiger charge is 2.70. The Hall–Kier alpha value is -4.62. The molecule has 1 aromatic heterocycles. The monoisotopic (exact) mass is 526 g/mol. The highest BCUT2D eigenvalue weighted by Crippen LogP contribution is 2.56. The summed E-state index contributed by atoms with van der Waals surface area (Å²) < 4.78 is 1.64. The predicted molar refractivity (Wildman–Crippen MR) is 153 cm³/mol. The molecule has 3 aliphatic rings. The van der Waals surface area contributed by atoms with Gasteiger partial charge < -0.3 is 0 Å². The number of hydrogen-bond acceptors (Lipinski definition) is 5.